The highest BCUT2D eigenvalue weighted by atomic mass is 16.6. The van der Waals surface area contributed by atoms with Crippen LogP contribution in [0.25, 0.3) is 0 Å². The van der Waals surface area contributed by atoms with E-state index >= 15 is 0 Å². The Morgan fingerprint density at radius 3 is 1.67 bits per heavy atom. The monoisotopic (exact) mass is 420 g/mol. The molecule has 3 N–H and O–H groups in total. The van der Waals surface area contributed by atoms with Crippen LogP contribution in [0.15, 0.2) is 48.5 Å². The second-order valence-electron chi connectivity index (χ2n) is 5.91. The number of carboxylic acids is 2. The first-order chi connectivity index (χ1) is 14.3. The van der Waals surface area contributed by atoms with Gasteiger partial charge in [-0.05, 0) is 36.4 Å². The van der Waals surface area contributed by atoms with E-state index in [4.69, 9.17) is 18.9 Å². The van der Waals surface area contributed by atoms with E-state index in [0.717, 1.165) is 0 Å². The van der Waals surface area contributed by atoms with Crippen LogP contribution >= 0.6 is 0 Å². The van der Waals surface area contributed by atoms with Gasteiger partial charge in [-0.15, -0.1) is 0 Å². The van der Waals surface area contributed by atoms with E-state index in [0.29, 0.717) is 11.5 Å². The Kier molecular flexibility index (Phi) is 7.73. The number of carbonyl (C=O) groups is 3. The van der Waals surface area contributed by atoms with Crippen LogP contribution in [0.1, 0.15) is 22.2 Å². The molecular weight excluding hydrogens is 400 g/mol. The highest BCUT2D eigenvalue weighted by molar-refractivity contribution is 5.93. The van der Waals surface area contributed by atoms with E-state index in [-0.39, 0.29) is 11.1 Å². The minimum absolute atomic E-state index is 0.0260. The maximum absolute atomic E-state index is 12.3. The molecular formula is C20H20O10. The molecule has 0 radical (unpaired) electrons. The molecule has 0 aliphatic heterocycles. The predicted molar refractivity (Wildman–Crippen MR) is 100 cm³/mol. The summed E-state index contributed by atoms with van der Waals surface area (Å²) >= 11 is 0. The number of benzene rings is 2. The Labute approximate surface area is 171 Å². The number of esters is 1. The van der Waals surface area contributed by atoms with Crippen LogP contribution in [-0.2, 0) is 19.1 Å². The van der Waals surface area contributed by atoms with Crippen molar-refractivity contribution in [1.29, 1.82) is 0 Å². The lowest BCUT2D eigenvalue weighted by Gasteiger charge is -2.23. The van der Waals surface area contributed by atoms with Gasteiger partial charge in [0, 0.05) is 5.56 Å². The molecule has 10 heteroatoms. The Morgan fingerprint density at radius 2 is 1.23 bits per heavy atom. The van der Waals surface area contributed by atoms with Crippen molar-refractivity contribution in [2.45, 2.75) is 18.5 Å². The van der Waals surface area contributed by atoms with Crippen molar-refractivity contribution in [3.8, 4) is 11.5 Å². The highest BCUT2D eigenvalue weighted by Crippen LogP contribution is 2.22. The van der Waals surface area contributed by atoms with Crippen LogP contribution in [-0.4, -0.2) is 59.7 Å². The van der Waals surface area contributed by atoms with Gasteiger partial charge in [0.15, 0.2) is 6.29 Å². The number of rotatable bonds is 10. The number of methoxy groups -OCH3 is 2. The summed E-state index contributed by atoms with van der Waals surface area (Å²) in [4.78, 5) is 35.4. The number of hydrogen-bond acceptors (Lipinski definition) is 8. The minimum atomic E-state index is -2.22. The van der Waals surface area contributed by atoms with Crippen molar-refractivity contribution in [2.24, 2.45) is 0 Å². The summed E-state index contributed by atoms with van der Waals surface area (Å²) in [5, 5.41) is 28.9. The van der Waals surface area contributed by atoms with Crippen LogP contribution < -0.4 is 9.47 Å². The number of hydrogen-bond donors (Lipinski definition) is 3. The lowest BCUT2D eigenvalue weighted by atomic mass is 10.1. The molecule has 1 unspecified atom stereocenters. The van der Waals surface area contributed by atoms with E-state index in [1.54, 1.807) is 0 Å². The van der Waals surface area contributed by atoms with Gasteiger partial charge < -0.3 is 34.3 Å². The standard InChI is InChI=1S/C20H20O10/c1-27-13-7-3-11(4-8-13)19(25)29-15(17(21)22)16(18(23)24)30-20(26)12-5-9-14(28-2)10-6-12/h3-10,15-16,19,25H,1-2H3,(H,21,22)(H,23,24)/t15-,16-,19?/m1/s1. The fourth-order valence-corrected chi connectivity index (χ4v) is 2.40. The lowest BCUT2D eigenvalue weighted by Crippen LogP contribution is -2.45. The van der Waals surface area contributed by atoms with Crippen LogP contribution in [0.4, 0.5) is 0 Å². The van der Waals surface area contributed by atoms with E-state index in [1.807, 2.05) is 0 Å². The van der Waals surface area contributed by atoms with Crippen LogP contribution in [0.3, 0.4) is 0 Å². The van der Waals surface area contributed by atoms with Crippen molar-refractivity contribution in [3.05, 3.63) is 59.7 Å². The Morgan fingerprint density at radius 1 is 0.767 bits per heavy atom. The molecule has 0 aliphatic carbocycles. The minimum Gasteiger partial charge on any atom is -0.497 e. The Balaban J connectivity index is 2.18. The number of aliphatic hydroxyl groups is 1. The van der Waals surface area contributed by atoms with Crippen molar-refractivity contribution in [1.82, 2.24) is 0 Å². The molecule has 2 aromatic rings. The Hall–Kier alpha value is -3.63. The van der Waals surface area contributed by atoms with Crippen molar-refractivity contribution < 1.29 is 48.7 Å². The molecule has 2 rings (SSSR count). The van der Waals surface area contributed by atoms with E-state index < -0.39 is 36.4 Å². The van der Waals surface area contributed by atoms with Gasteiger partial charge >= 0.3 is 17.9 Å². The molecule has 0 bridgehead atoms. The molecule has 0 aliphatic rings. The van der Waals surface area contributed by atoms with Crippen LogP contribution in [0.2, 0.25) is 0 Å². The van der Waals surface area contributed by atoms with E-state index in [2.05, 4.69) is 0 Å². The van der Waals surface area contributed by atoms with E-state index in [1.165, 1.54) is 62.8 Å². The number of ether oxygens (including phenoxy) is 4. The van der Waals surface area contributed by atoms with Gasteiger partial charge in [0.2, 0.25) is 12.2 Å². The summed E-state index contributed by atoms with van der Waals surface area (Å²) < 4.78 is 19.8. The molecule has 0 saturated carbocycles. The van der Waals surface area contributed by atoms with Crippen molar-refractivity contribution in [2.75, 3.05) is 14.2 Å². The topological polar surface area (TPSA) is 149 Å². The molecule has 2 aromatic carbocycles. The number of carboxylic acid groups (broad SMARTS) is 2. The van der Waals surface area contributed by atoms with Gasteiger partial charge in [0.05, 0.1) is 19.8 Å². The average molecular weight is 420 g/mol. The third kappa shape index (κ3) is 5.69. The summed E-state index contributed by atoms with van der Waals surface area (Å²) in [5.41, 5.74) is 0.120. The van der Waals surface area contributed by atoms with Gasteiger partial charge in [-0.25, -0.2) is 14.4 Å². The third-order valence-corrected chi connectivity index (χ3v) is 4.00. The summed E-state index contributed by atoms with van der Waals surface area (Å²) in [6, 6.07) is 11.3. The highest BCUT2D eigenvalue weighted by Gasteiger charge is 2.40. The molecule has 10 nitrogen and oxygen atoms in total. The van der Waals surface area contributed by atoms with Gasteiger partial charge in [-0.1, -0.05) is 12.1 Å². The average Bonchev–Trinajstić information content (AvgIpc) is 2.75. The summed E-state index contributed by atoms with van der Waals surface area (Å²) in [7, 11) is 2.87. The molecule has 30 heavy (non-hydrogen) atoms. The molecule has 0 spiro atoms. The first-order valence-electron chi connectivity index (χ1n) is 8.55. The maximum atomic E-state index is 12.3. The Bertz CT molecular complexity index is 875. The summed E-state index contributed by atoms with van der Waals surface area (Å²) in [6.07, 6.45) is -6.19. The molecule has 0 heterocycles. The second-order valence-corrected chi connectivity index (χ2v) is 5.91. The molecule has 3 atom stereocenters. The SMILES string of the molecule is COc1ccc(C(=O)O[C@@H](C(=O)O)[C@@H](OC(O)c2ccc(OC)cc2)C(=O)O)cc1. The second kappa shape index (κ2) is 10.2. The first kappa shape index (κ1) is 22.7. The van der Waals surface area contributed by atoms with Crippen LogP contribution in [0, 0.1) is 0 Å². The molecule has 160 valence electrons. The summed E-state index contributed by atoms with van der Waals surface area (Å²) in [6.45, 7) is 0. The lowest BCUT2D eigenvalue weighted by molar-refractivity contribution is -0.199. The quantitative estimate of drug-likeness (QED) is 0.381. The number of carbonyl (C=O) groups excluding carboxylic acids is 1. The fraction of sp³-hybridized carbons (Fsp3) is 0.250. The van der Waals surface area contributed by atoms with Gasteiger partial charge in [-0.3, -0.25) is 0 Å². The van der Waals surface area contributed by atoms with Crippen molar-refractivity contribution in [3.63, 3.8) is 0 Å². The smallest absolute Gasteiger partial charge is 0.348 e. The number of aliphatic carboxylic acids is 2. The molecule has 0 amide bonds. The zero-order valence-electron chi connectivity index (χ0n) is 16.1. The largest absolute Gasteiger partial charge is 0.497 e. The molecule has 0 aromatic heterocycles. The van der Waals surface area contributed by atoms with Crippen LogP contribution in [0.5, 0.6) is 11.5 Å². The molecule has 0 fully saturated rings. The summed E-state index contributed by atoms with van der Waals surface area (Å²) in [5.74, 6) is -3.64. The van der Waals surface area contributed by atoms with Gasteiger partial charge in [0.25, 0.3) is 0 Å². The zero-order valence-corrected chi connectivity index (χ0v) is 16.1. The van der Waals surface area contributed by atoms with Gasteiger partial charge in [-0.2, -0.15) is 0 Å². The fourth-order valence-electron chi connectivity index (χ4n) is 2.40. The third-order valence-electron chi connectivity index (χ3n) is 4.00. The number of aliphatic hydroxyl groups excluding tert-OH is 1. The first-order valence-corrected chi connectivity index (χ1v) is 8.55. The van der Waals surface area contributed by atoms with Crippen molar-refractivity contribution >= 4 is 17.9 Å². The zero-order chi connectivity index (χ0) is 22.3. The normalized spacial score (nSPS) is 13.6. The van der Waals surface area contributed by atoms with Gasteiger partial charge in [0.1, 0.15) is 11.5 Å². The van der Waals surface area contributed by atoms with E-state index in [9.17, 15) is 29.7 Å². The molecule has 0 saturated heterocycles. The maximum Gasteiger partial charge on any atom is 0.348 e. The predicted octanol–water partition coefficient (Wildman–Crippen LogP) is 1.47.